The number of benzene rings is 1. The molecule has 1 aliphatic heterocycles. The molecule has 1 heterocycles. The molecule has 154 valence electrons. The molecule has 1 saturated heterocycles. The lowest BCUT2D eigenvalue weighted by Crippen LogP contribution is -2.35. The highest BCUT2D eigenvalue weighted by molar-refractivity contribution is 7.93. The molecular formula is C22H30O5S. The van der Waals surface area contributed by atoms with Crippen LogP contribution in [0.25, 0.3) is 0 Å². The first kappa shape index (κ1) is 22.3. The van der Waals surface area contributed by atoms with Crippen LogP contribution >= 0.6 is 0 Å². The summed E-state index contributed by atoms with van der Waals surface area (Å²) >= 11 is 0. The Morgan fingerprint density at radius 2 is 1.50 bits per heavy atom. The van der Waals surface area contributed by atoms with Gasteiger partial charge in [-0.2, -0.15) is 0 Å². The van der Waals surface area contributed by atoms with Gasteiger partial charge < -0.3 is 4.74 Å². The molecule has 1 aliphatic rings. The summed E-state index contributed by atoms with van der Waals surface area (Å²) in [5, 5.41) is -2.60. The van der Waals surface area contributed by atoms with Crippen molar-refractivity contribution in [1.29, 1.82) is 0 Å². The summed E-state index contributed by atoms with van der Waals surface area (Å²) in [6.07, 6.45) is 6.77. The third-order valence-corrected chi connectivity index (χ3v) is 7.61. The summed E-state index contributed by atoms with van der Waals surface area (Å²) in [4.78, 5) is 25.1. The van der Waals surface area contributed by atoms with Gasteiger partial charge in [0.2, 0.25) is 0 Å². The standard InChI is InChI=1S/C22H30O5S/c1-17-20(23)15-11-6-4-3-5-7-12-16-27-22(24)18(2)28(25,26)21(17)19-13-9-8-10-14-19/h8-10,13-14,18,21H,1,3-7,11-12,15-16H2,2H3. The number of rotatable bonds is 1. The molecule has 2 rings (SSSR count). The van der Waals surface area contributed by atoms with Crippen LogP contribution in [0.15, 0.2) is 42.5 Å². The van der Waals surface area contributed by atoms with E-state index in [1.807, 2.05) is 0 Å². The van der Waals surface area contributed by atoms with E-state index in [9.17, 15) is 18.0 Å². The zero-order chi connectivity index (χ0) is 20.6. The Morgan fingerprint density at radius 1 is 0.929 bits per heavy atom. The zero-order valence-corrected chi connectivity index (χ0v) is 17.4. The monoisotopic (exact) mass is 406 g/mol. The van der Waals surface area contributed by atoms with Crippen molar-refractivity contribution < 1.29 is 22.7 Å². The van der Waals surface area contributed by atoms with E-state index < -0.39 is 26.3 Å². The van der Waals surface area contributed by atoms with E-state index >= 15 is 0 Å². The van der Waals surface area contributed by atoms with Crippen molar-refractivity contribution in [3.63, 3.8) is 0 Å². The molecule has 0 spiro atoms. The quantitative estimate of drug-likeness (QED) is 0.512. The minimum atomic E-state index is -4.05. The topological polar surface area (TPSA) is 77.5 Å². The lowest BCUT2D eigenvalue weighted by molar-refractivity contribution is -0.142. The van der Waals surface area contributed by atoms with Crippen molar-refractivity contribution in [3.8, 4) is 0 Å². The smallest absolute Gasteiger partial charge is 0.324 e. The lowest BCUT2D eigenvalue weighted by atomic mass is 9.98. The van der Waals surface area contributed by atoms with E-state index in [1.54, 1.807) is 30.3 Å². The largest absolute Gasteiger partial charge is 0.465 e. The highest BCUT2D eigenvalue weighted by Gasteiger charge is 2.40. The Kier molecular flexibility index (Phi) is 8.42. The molecule has 2 unspecified atom stereocenters. The number of Topliss-reactive ketones (excluding diaryl/α,β-unsaturated/α-hetero) is 1. The average Bonchev–Trinajstić information content (AvgIpc) is 2.68. The van der Waals surface area contributed by atoms with Gasteiger partial charge in [0.05, 0.1) is 6.61 Å². The third kappa shape index (κ3) is 5.77. The van der Waals surface area contributed by atoms with E-state index in [1.165, 1.54) is 6.92 Å². The minimum absolute atomic E-state index is 0.0259. The molecule has 0 saturated carbocycles. The Hall–Kier alpha value is -1.95. The second-order valence-corrected chi connectivity index (χ2v) is 9.72. The van der Waals surface area contributed by atoms with Gasteiger partial charge in [0.25, 0.3) is 0 Å². The molecule has 1 aromatic rings. The van der Waals surface area contributed by atoms with Gasteiger partial charge in [-0.15, -0.1) is 0 Å². The van der Waals surface area contributed by atoms with Crippen molar-refractivity contribution in [2.24, 2.45) is 0 Å². The summed E-state index contributed by atoms with van der Waals surface area (Å²) in [6.45, 7) is 5.38. The van der Waals surface area contributed by atoms with Gasteiger partial charge in [0.15, 0.2) is 20.9 Å². The van der Waals surface area contributed by atoms with Gasteiger partial charge in [-0.05, 0) is 25.3 Å². The van der Waals surface area contributed by atoms with Crippen LogP contribution in [0.3, 0.4) is 0 Å². The SMILES string of the molecule is C=C1C(=O)CCCCCCCCCOC(=O)C(C)S(=O)(=O)C1c1ccccc1. The first-order valence-electron chi connectivity index (χ1n) is 10.0. The summed E-state index contributed by atoms with van der Waals surface area (Å²) in [6, 6.07) is 8.50. The molecule has 0 aromatic heterocycles. The van der Waals surface area contributed by atoms with Crippen LogP contribution in [0, 0.1) is 0 Å². The fraction of sp³-hybridized carbons (Fsp3) is 0.545. The molecule has 6 heteroatoms. The highest BCUT2D eigenvalue weighted by Crippen LogP contribution is 2.34. The number of hydrogen-bond acceptors (Lipinski definition) is 5. The molecule has 0 N–H and O–H groups in total. The fourth-order valence-corrected chi connectivity index (χ4v) is 5.23. The van der Waals surface area contributed by atoms with E-state index in [2.05, 4.69) is 6.58 Å². The van der Waals surface area contributed by atoms with Crippen molar-refractivity contribution in [2.45, 2.75) is 68.8 Å². The molecule has 0 aliphatic carbocycles. The fourth-order valence-electron chi connectivity index (χ4n) is 3.42. The zero-order valence-electron chi connectivity index (χ0n) is 16.6. The molecular weight excluding hydrogens is 376 g/mol. The van der Waals surface area contributed by atoms with Crippen molar-refractivity contribution in [2.75, 3.05) is 6.61 Å². The number of carbonyl (C=O) groups excluding carboxylic acids is 2. The van der Waals surface area contributed by atoms with Gasteiger partial charge in [-0.1, -0.05) is 69.0 Å². The maximum absolute atomic E-state index is 13.3. The van der Waals surface area contributed by atoms with E-state index in [4.69, 9.17) is 4.74 Å². The number of hydrogen-bond donors (Lipinski definition) is 0. The lowest BCUT2D eigenvalue weighted by Gasteiger charge is -2.23. The molecule has 1 aromatic carbocycles. The number of cyclic esters (lactones) is 1. The predicted octanol–water partition coefficient (Wildman–Crippen LogP) is 4.33. The van der Waals surface area contributed by atoms with Gasteiger partial charge in [0, 0.05) is 12.0 Å². The van der Waals surface area contributed by atoms with E-state index in [0.717, 1.165) is 44.9 Å². The number of carbonyl (C=O) groups is 2. The molecule has 0 radical (unpaired) electrons. The van der Waals surface area contributed by atoms with Gasteiger partial charge in [0.1, 0.15) is 5.25 Å². The van der Waals surface area contributed by atoms with Crippen LogP contribution in [-0.4, -0.2) is 32.0 Å². The Labute approximate surface area is 168 Å². The van der Waals surface area contributed by atoms with Crippen LogP contribution in [0.2, 0.25) is 0 Å². The summed E-state index contributed by atoms with van der Waals surface area (Å²) in [5.74, 6) is -1.03. The molecule has 0 amide bonds. The summed E-state index contributed by atoms with van der Waals surface area (Å²) in [5.41, 5.74) is 0.472. The normalized spacial score (nSPS) is 25.8. The van der Waals surface area contributed by atoms with Crippen LogP contribution in [-0.2, 0) is 24.2 Å². The molecule has 0 bridgehead atoms. The van der Waals surface area contributed by atoms with Crippen LogP contribution in [0.4, 0.5) is 0 Å². The molecule has 2 atom stereocenters. The number of sulfone groups is 1. The number of esters is 1. The predicted molar refractivity (Wildman–Crippen MR) is 110 cm³/mol. The van der Waals surface area contributed by atoms with Crippen LogP contribution < -0.4 is 0 Å². The Bertz CT molecular complexity index is 782. The average molecular weight is 407 g/mol. The van der Waals surface area contributed by atoms with Gasteiger partial charge in [-0.3, -0.25) is 9.59 Å². The first-order valence-corrected chi connectivity index (χ1v) is 11.6. The first-order chi connectivity index (χ1) is 13.4. The van der Waals surface area contributed by atoms with E-state index in [-0.39, 0.29) is 24.4 Å². The van der Waals surface area contributed by atoms with Crippen LogP contribution in [0.5, 0.6) is 0 Å². The van der Waals surface area contributed by atoms with Crippen molar-refractivity contribution >= 4 is 21.6 Å². The maximum Gasteiger partial charge on any atom is 0.324 e. The molecule has 5 nitrogen and oxygen atoms in total. The molecule has 1 fully saturated rings. The Morgan fingerprint density at radius 3 is 2.14 bits per heavy atom. The van der Waals surface area contributed by atoms with E-state index in [0.29, 0.717) is 5.56 Å². The number of ketones is 1. The Balaban J connectivity index is 2.36. The third-order valence-electron chi connectivity index (χ3n) is 5.22. The molecule has 28 heavy (non-hydrogen) atoms. The summed E-state index contributed by atoms with van der Waals surface area (Å²) < 4.78 is 31.8. The number of ether oxygens (including phenoxy) is 1. The van der Waals surface area contributed by atoms with Gasteiger partial charge in [-0.25, -0.2) is 8.42 Å². The highest BCUT2D eigenvalue weighted by atomic mass is 32.2. The van der Waals surface area contributed by atoms with Gasteiger partial charge >= 0.3 is 5.97 Å². The maximum atomic E-state index is 13.3. The second kappa shape index (κ2) is 10.6. The van der Waals surface area contributed by atoms with Crippen molar-refractivity contribution in [3.05, 3.63) is 48.0 Å². The second-order valence-electron chi connectivity index (χ2n) is 7.36. The minimum Gasteiger partial charge on any atom is -0.465 e. The van der Waals surface area contributed by atoms with Crippen molar-refractivity contribution in [1.82, 2.24) is 0 Å². The summed E-state index contributed by atoms with van der Waals surface area (Å²) in [7, 11) is -4.05. The van der Waals surface area contributed by atoms with Crippen LogP contribution in [0.1, 0.15) is 69.1 Å².